The highest BCUT2D eigenvalue weighted by molar-refractivity contribution is 7.91. The molecule has 2 heterocycles. The maximum atomic E-state index is 12.6. The molecule has 2 aromatic carbocycles. The van der Waals surface area contributed by atoms with Gasteiger partial charge in [-0.2, -0.15) is 0 Å². The van der Waals surface area contributed by atoms with E-state index in [0.29, 0.717) is 12.0 Å². The van der Waals surface area contributed by atoms with Crippen molar-refractivity contribution in [2.75, 3.05) is 11.5 Å². The molecule has 1 N–H and O–H groups in total. The zero-order valence-electron chi connectivity index (χ0n) is 15.4. The van der Waals surface area contributed by atoms with Crippen molar-refractivity contribution >= 4 is 26.6 Å². The molecule has 3 aromatic rings. The molecule has 140 valence electrons. The topological polar surface area (TPSA) is 68.2 Å². The Kier molecular flexibility index (Phi) is 4.30. The average Bonchev–Trinajstić information content (AvgIpc) is 3.14. The Hall–Kier alpha value is -2.60. The summed E-state index contributed by atoms with van der Waals surface area (Å²) in [6.45, 7) is 4.10. The maximum Gasteiger partial charge on any atom is 0.251 e. The van der Waals surface area contributed by atoms with Crippen LogP contribution in [0.4, 0.5) is 0 Å². The summed E-state index contributed by atoms with van der Waals surface area (Å²) in [5, 5.41) is 3.95. The Bertz CT molecular complexity index is 1130. The quantitative estimate of drug-likeness (QED) is 0.757. The molecule has 0 bridgehead atoms. The summed E-state index contributed by atoms with van der Waals surface area (Å²) in [6.07, 6.45) is 2.55. The molecular weight excluding hydrogens is 360 g/mol. The van der Waals surface area contributed by atoms with Crippen molar-refractivity contribution in [3.8, 4) is 5.69 Å². The van der Waals surface area contributed by atoms with Gasteiger partial charge >= 0.3 is 0 Å². The Balaban J connectivity index is 1.68. The van der Waals surface area contributed by atoms with Gasteiger partial charge in [-0.05, 0) is 50.1 Å². The number of carbonyl (C=O) groups is 1. The van der Waals surface area contributed by atoms with Crippen LogP contribution in [-0.4, -0.2) is 36.4 Å². The second kappa shape index (κ2) is 6.53. The Labute approximate surface area is 158 Å². The van der Waals surface area contributed by atoms with E-state index in [2.05, 4.69) is 54.2 Å². The molecule has 6 heteroatoms. The van der Waals surface area contributed by atoms with Crippen LogP contribution in [0, 0.1) is 13.8 Å². The number of sulfone groups is 1. The zero-order valence-corrected chi connectivity index (χ0v) is 16.2. The summed E-state index contributed by atoms with van der Waals surface area (Å²) >= 11 is 0. The minimum absolute atomic E-state index is 0.0276. The fraction of sp³-hybridized carbons (Fsp3) is 0.286. The lowest BCUT2D eigenvalue weighted by Crippen LogP contribution is -2.35. The summed E-state index contributed by atoms with van der Waals surface area (Å²) in [6, 6.07) is 13.6. The van der Waals surface area contributed by atoms with Crippen LogP contribution < -0.4 is 5.32 Å². The third-order valence-corrected chi connectivity index (χ3v) is 6.91. The second-order valence-electron chi connectivity index (χ2n) is 7.32. The predicted octanol–water partition coefficient (Wildman–Crippen LogP) is 3.16. The molecule has 4 rings (SSSR count). The van der Waals surface area contributed by atoms with E-state index in [-0.39, 0.29) is 23.5 Å². The SMILES string of the molecule is Cc1ccc(-n2cc(C)c3ccc(C(=O)NC4CCS(=O)(=O)C4)cc32)cc1. The molecule has 1 aromatic heterocycles. The number of amides is 1. The Morgan fingerprint density at radius 2 is 1.85 bits per heavy atom. The monoisotopic (exact) mass is 382 g/mol. The molecule has 1 aliphatic rings. The van der Waals surface area contributed by atoms with Crippen molar-refractivity contribution < 1.29 is 13.2 Å². The number of carbonyl (C=O) groups excluding carboxylic acids is 1. The molecule has 0 saturated carbocycles. The lowest BCUT2D eigenvalue weighted by molar-refractivity contribution is 0.0941. The summed E-state index contributed by atoms with van der Waals surface area (Å²) in [7, 11) is -3.02. The molecule has 1 unspecified atom stereocenters. The van der Waals surface area contributed by atoms with Crippen LogP contribution in [-0.2, 0) is 9.84 Å². The first kappa shape index (κ1) is 17.8. The van der Waals surface area contributed by atoms with Gasteiger partial charge in [-0.15, -0.1) is 0 Å². The highest BCUT2D eigenvalue weighted by Gasteiger charge is 2.29. The minimum atomic E-state index is -3.02. The number of fused-ring (bicyclic) bond motifs is 1. The number of nitrogens with zero attached hydrogens (tertiary/aromatic N) is 1. The van der Waals surface area contributed by atoms with E-state index >= 15 is 0 Å². The molecule has 1 atom stereocenters. The first-order valence-corrected chi connectivity index (χ1v) is 10.8. The van der Waals surface area contributed by atoms with E-state index in [0.717, 1.165) is 22.2 Å². The van der Waals surface area contributed by atoms with Gasteiger partial charge < -0.3 is 9.88 Å². The number of hydrogen-bond donors (Lipinski definition) is 1. The Morgan fingerprint density at radius 3 is 2.52 bits per heavy atom. The molecule has 0 aliphatic carbocycles. The van der Waals surface area contributed by atoms with Gasteiger partial charge in [-0.3, -0.25) is 4.79 Å². The molecule has 1 saturated heterocycles. The van der Waals surface area contributed by atoms with Crippen molar-refractivity contribution in [3.05, 3.63) is 65.4 Å². The van der Waals surface area contributed by atoms with E-state index < -0.39 is 9.84 Å². The summed E-state index contributed by atoms with van der Waals surface area (Å²) in [4.78, 5) is 12.6. The predicted molar refractivity (Wildman–Crippen MR) is 107 cm³/mol. The van der Waals surface area contributed by atoms with Gasteiger partial charge in [0.2, 0.25) is 0 Å². The van der Waals surface area contributed by atoms with Gasteiger partial charge in [-0.1, -0.05) is 23.8 Å². The third-order valence-electron chi connectivity index (χ3n) is 5.15. The van der Waals surface area contributed by atoms with Crippen LogP contribution in [0.3, 0.4) is 0 Å². The number of benzene rings is 2. The average molecular weight is 382 g/mol. The van der Waals surface area contributed by atoms with Crippen molar-refractivity contribution in [3.63, 3.8) is 0 Å². The lowest BCUT2D eigenvalue weighted by Gasteiger charge is -2.12. The molecule has 27 heavy (non-hydrogen) atoms. The summed E-state index contributed by atoms with van der Waals surface area (Å²) in [5.41, 5.74) is 4.87. The van der Waals surface area contributed by atoms with Crippen molar-refractivity contribution in [2.24, 2.45) is 0 Å². The molecule has 1 aliphatic heterocycles. The molecular formula is C21H22N2O3S. The van der Waals surface area contributed by atoms with Crippen molar-refractivity contribution in [1.29, 1.82) is 0 Å². The highest BCUT2D eigenvalue weighted by atomic mass is 32.2. The second-order valence-corrected chi connectivity index (χ2v) is 9.55. The Morgan fingerprint density at radius 1 is 1.11 bits per heavy atom. The zero-order chi connectivity index (χ0) is 19.2. The van der Waals surface area contributed by atoms with Crippen molar-refractivity contribution in [2.45, 2.75) is 26.3 Å². The highest BCUT2D eigenvalue weighted by Crippen LogP contribution is 2.26. The first-order chi connectivity index (χ1) is 12.8. The van der Waals surface area contributed by atoms with Crippen LogP contribution >= 0.6 is 0 Å². The van der Waals surface area contributed by atoms with E-state index in [1.54, 1.807) is 6.07 Å². The minimum Gasteiger partial charge on any atom is -0.348 e. The van der Waals surface area contributed by atoms with Crippen molar-refractivity contribution in [1.82, 2.24) is 9.88 Å². The summed E-state index contributed by atoms with van der Waals surface area (Å²) < 4.78 is 25.3. The number of nitrogens with one attached hydrogen (secondary N) is 1. The van der Waals surface area contributed by atoms with Gasteiger partial charge in [0.05, 0.1) is 17.0 Å². The van der Waals surface area contributed by atoms with Crippen LogP contribution in [0.2, 0.25) is 0 Å². The van der Waals surface area contributed by atoms with Gasteiger partial charge in [0.25, 0.3) is 5.91 Å². The van der Waals surface area contributed by atoms with Gasteiger partial charge in [0.1, 0.15) is 0 Å². The molecule has 1 fully saturated rings. The number of rotatable bonds is 3. The molecule has 5 nitrogen and oxygen atoms in total. The fourth-order valence-electron chi connectivity index (χ4n) is 3.63. The molecule has 0 spiro atoms. The third kappa shape index (κ3) is 3.49. The van der Waals surface area contributed by atoms with Gasteiger partial charge in [0, 0.05) is 28.9 Å². The summed E-state index contributed by atoms with van der Waals surface area (Å²) in [5.74, 6) is -0.0555. The number of aryl methyl sites for hydroxylation is 2. The van der Waals surface area contributed by atoms with Crippen LogP contribution in [0.1, 0.15) is 27.9 Å². The van der Waals surface area contributed by atoms with E-state index in [9.17, 15) is 13.2 Å². The van der Waals surface area contributed by atoms with Gasteiger partial charge in [-0.25, -0.2) is 8.42 Å². The fourth-order valence-corrected chi connectivity index (χ4v) is 5.31. The van der Waals surface area contributed by atoms with Crippen LogP contribution in [0.15, 0.2) is 48.7 Å². The van der Waals surface area contributed by atoms with Crippen LogP contribution in [0.25, 0.3) is 16.6 Å². The van der Waals surface area contributed by atoms with Gasteiger partial charge in [0.15, 0.2) is 9.84 Å². The molecule has 1 amide bonds. The number of hydrogen-bond acceptors (Lipinski definition) is 3. The van der Waals surface area contributed by atoms with E-state index in [4.69, 9.17) is 0 Å². The largest absolute Gasteiger partial charge is 0.348 e. The van der Waals surface area contributed by atoms with E-state index in [1.165, 1.54) is 5.56 Å². The van der Waals surface area contributed by atoms with E-state index in [1.807, 2.05) is 12.1 Å². The lowest BCUT2D eigenvalue weighted by atomic mass is 10.1. The maximum absolute atomic E-state index is 12.6. The van der Waals surface area contributed by atoms with Crippen LogP contribution in [0.5, 0.6) is 0 Å². The normalized spacial score (nSPS) is 18.7. The number of aromatic nitrogens is 1. The smallest absolute Gasteiger partial charge is 0.251 e. The standard InChI is InChI=1S/C21H22N2O3S/c1-14-3-6-18(7-4-14)23-12-15(2)19-8-5-16(11-20(19)23)21(24)22-17-9-10-27(25,26)13-17/h3-8,11-12,17H,9-10,13H2,1-2H3,(H,22,24). The first-order valence-electron chi connectivity index (χ1n) is 9.02. The molecule has 0 radical (unpaired) electrons.